The number of nitrogens with zero attached hydrogens (tertiary/aromatic N) is 5. The van der Waals surface area contributed by atoms with E-state index in [1.165, 1.54) is 6.20 Å². The molecule has 0 aliphatic carbocycles. The molecule has 0 atom stereocenters. The highest BCUT2D eigenvalue weighted by molar-refractivity contribution is 7.91. The fourth-order valence-electron chi connectivity index (χ4n) is 4.99. The van der Waals surface area contributed by atoms with E-state index in [-0.39, 0.29) is 9.92 Å². The van der Waals surface area contributed by atoms with Gasteiger partial charge in [-0.1, -0.05) is 42.5 Å². The molecule has 0 unspecified atom stereocenters. The number of pyridine rings is 2. The van der Waals surface area contributed by atoms with Gasteiger partial charge in [-0.05, 0) is 53.6 Å². The quantitative estimate of drug-likeness (QED) is 0.247. The summed E-state index contributed by atoms with van der Waals surface area (Å²) in [5.41, 5.74) is 5.59. The minimum Gasteiger partial charge on any atom is -0.378 e. The summed E-state index contributed by atoms with van der Waals surface area (Å²) in [7, 11) is 3.95. The van der Waals surface area contributed by atoms with Crippen LogP contribution in [0.25, 0.3) is 38.8 Å². The molecule has 0 fully saturated rings. The Morgan fingerprint density at radius 3 is 2.08 bits per heavy atom. The van der Waals surface area contributed by atoms with Crippen molar-refractivity contribution in [2.45, 2.75) is 9.92 Å². The fraction of sp³-hybridized carbons (Fsp3) is 0.125. The molecule has 6 rings (SSSR count). The monoisotopic (exact) mass is 547 g/mol. The van der Waals surface area contributed by atoms with Crippen molar-refractivity contribution < 1.29 is 8.42 Å². The van der Waals surface area contributed by atoms with Crippen LogP contribution in [0.1, 0.15) is 0 Å². The Morgan fingerprint density at radius 1 is 0.625 bits per heavy atom. The summed E-state index contributed by atoms with van der Waals surface area (Å²) >= 11 is 0. The first kappa shape index (κ1) is 25.6. The Labute approximate surface area is 233 Å². The van der Waals surface area contributed by atoms with Crippen molar-refractivity contribution in [2.75, 3.05) is 38.0 Å². The van der Waals surface area contributed by atoms with E-state index in [0.29, 0.717) is 0 Å². The van der Waals surface area contributed by atoms with E-state index in [4.69, 9.17) is 4.98 Å². The van der Waals surface area contributed by atoms with Crippen molar-refractivity contribution in [3.8, 4) is 16.9 Å². The van der Waals surface area contributed by atoms with E-state index in [9.17, 15) is 8.42 Å². The highest BCUT2D eigenvalue weighted by Gasteiger charge is 2.21. The number of sulfone groups is 1. The van der Waals surface area contributed by atoms with Crippen molar-refractivity contribution in [1.82, 2.24) is 14.5 Å². The van der Waals surface area contributed by atoms with E-state index in [0.717, 1.165) is 50.1 Å². The molecule has 0 spiro atoms. The van der Waals surface area contributed by atoms with E-state index in [2.05, 4.69) is 44.8 Å². The largest absolute Gasteiger partial charge is 0.378 e. The zero-order valence-corrected chi connectivity index (χ0v) is 23.6. The van der Waals surface area contributed by atoms with Crippen LogP contribution in [0.15, 0.2) is 113 Å². The van der Waals surface area contributed by atoms with Crippen molar-refractivity contribution >= 4 is 43.0 Å². The number of aromatic nitrogens is 3. The molecule has 3 aromatic heterocycles. The summed E-state index contributed by atoms with van der Waals surface area (Å²) in [6, 6.07) is 29.0. The molecular formula is C32H29N5O2S. The molecule has 40 heavy (non-hydrogen) atoms. The summed E-state index contributed by atoms with van der Waals surface area (Å²) < 4.78 is 29.3. The molecule has 7 nitrogen and oxygen atoms in total. The number of rotatable bonds is 6. The lowest BCUT2D eigenvalue weighted by Gasteiger charge is -2.15. The van der Waals surface area contributed by atoms with Gasteiger partial charge in [0.1, 0.15) is 5.82 Å². The molecule has 0 radical (unpaired) electrons. The van der Waals surface area contributed by atoms with Crippen LogP contribution in [0.4, 0.5) is 11.4 Å². The molecule has 3 aromatic carbocycles. The van der Waals surface area contributed by atoms with Gasteiger partial charge in [0.05, 0.1) is 15.9 Å². The number of para-hydroxylation sites is 1. The zero-order valence-electron chi connectivity index (χ0n) is 22.8. The number of anilines is 2. The topological polar surface area (TPSA) is 71.3 Å². The van der Waals surface area contributed by atoms with Gasteiger partial charge in [0.15, 0.2) is 5.03 Å². The molecule has 8 heteroatoms. The van der Waals surface area contributed by atoms with Gasteiger partial charge in [0.2, 0.25) is 9.84 Å². The van der Waals surface area contributed by atoms with Gasteiger partial charge in [-0.15, -0.1) is 0 Å². The minimum atomic E-state index is -3.81. The van der Waals surface area contributed by atoms with Crippen molar-refractivity contribution in [1.29, 1.82) is 0 Å². The minimum absolute atomic E-state index is 0.0262. The average Bonchev–Trinajstić information content (AvgIpc) is 3.31. The first-order valence-electron chi connectivity index (χ1n) is 12.9. The molecule has 0 amide bonds. The molecule has 0 aliphatic rings. The van der Waals surface area contributed by atoms with E-state index < -0.39 is 9.84 Å². The van der Waals surface area contributed by atoms with Gasteiger partial charge in [0, 0.05) is 68.8 Å². The molecule has 0 saturated heterocycles. The highest BCUT2D eigenvalue weighted by Crippen LogP contribution is 2.35. The van der Waals surface area contributed by atoms with Crippen LogP contribution in [-0.4, -0.2) is 51.1 Å². The predicted molar refractivity (Wildman–Crippen MR) is 162 cm³/mol. The summed E-state index contributed by atoms with van der Waals surface area (Å²) in [5.74, 6) is 0.817. The Balaban J connectivity index is 1.51. The van der Waals surface area contributed by atoms with Crippen LogP contribution in [0.3, 0.4) is 0 Å². The second kappa shape index (κ2) is 9.81. The maximum Gasteiger partial charge on any atom is 0.223 e. The summed E-state index contributed by atoms with van der Waals surface area (Å²) in [6.07, 6.45) is 3.35. The molecule has 0 saturated carbocycles. The predicted octanol–water partition coefficient (Wildman–Crippen LogP) is 6.21. The van der Waals surface area contributed by atoms with E-state index >= 15 is 0 Å². The first-order valence-corrected chi connectivity index (χ1v) is 14.4. The zero-order chi connectivity index (χ0) is 28.0. The average molecular weight is 548 g/mol. The van der Waals surface area contributed by atoms with Gasteiger partial charge < -0.3 is 9.80 Å². The normalized spacial score (nSPS) is 11.7. The SMILES string of the molecule is CN(C)c1ccnc(-n2c3ccccc3c3ccc(-c4cccc(S(=O)(=O)c5cc(N(C)C)ccn5)c4)cc32)c1. The third-order valence-electron chi connectivity index (χ3n) is 7.14. The molecule has 3 heterocycles. The lowest BCUT2D eigenvalue weighted by molar-refractivity contribution is 0.592. The molecule has 200 valence electrons. The Hall–Kier alpha value is -4.69. The highest BCUT2D eigenvalue weighted by atomic mass is 32.2. The van der Waals surface area contributed by atoms with Gasteiger partial charge in [-0.2, -0.15) is 0 Å². The third-order valence-corrected chi connectivity index (χ3v) is 8.78. The van der Waals surface area contributed by atoms with Crippen molar-refractivity contribution in [3.63, 3.8) is 0 Å². The summed E-state index contributed by atoms with van der Waals surface area (Å²) in [6.45, 7) is 0. The standard InChI is InChI=1S/C32H29N5O2S/c1-35(2)24-14-16-33-31(20-24)37-29-11-6-5-10-27(29)28-13-12-23(19-30(28)37)22-8-7-9-26(18-22)40(38,39)32-21-25(36(3)4)15-17-34-32/h5-21H,1-4H3. The summed E-state index contributed by atoms with van der Waals surface area (Å²) in [5, 5.41) is 2.26. The van der Waals surface area contributed by atoms with Crippen LogP contribution in [0.5, 0.6) is 0 Å². The second-order valence-corrected chi connectivity index (χ2v) is 12.0. The molecule has 0 aliphatic heterocycles. The maximum absolute atomic E-state index is 13.6. The fourth-order valence-corrected chi connectivity index (χ4v) is 6.25. The van der Waals surface area contributed by atoms with E-state index in [1.54, 1.807) is 30.3 Å². The molecule has 0 bridgehead atoms. The maximum atomic E-state index is 13.6. The lowest BCUT2D eigenvalue weighted by Crippen LogP contribution is -2.11. The van der Waals surface area contributed by atoms with Crippen LogP contribution in [-0.2, 0) is 9.84 Å². The van der Waals surface area contributed by atoms with E-state index in [1.807, 2.05) is 69.6 Å². The Morgan fingerprint density at radius 2 is 1.30 bits per heavy atom. The van der Waals surface area contributed by atoms with Gasteiger partial charge in [-0.3, -0.25) is 4.57 Å². The number of benzene rings is 3. The molecular weight excluding hydrogens is 518 g/mol. The first-order chi connectivity index (χ1) is 19.2. The lowest BCUT2D eigenvalue weighted by atomic mass is 10.0. The summed E-state index contributed by atoms with van der Waals surface area (Å²) in [4.78, 5) is 13.0. The van der Waals surface area contributed by atoms with Crippen molar-refractivity contribution in [3.05, 3.63) is 103 Å². The second-order valence-electron chi connectivity index (χ2n) is 10.1. The molecule has 6 aromatic rings. The molecule has 0 N–H and O–H groups in total. The van der Waals surface area contributed by atoms with Crippen LogP contribution in [0, 0.1) is 0 Å². The van der Waals surface area contributed by atoms with Crippen LogP contribution >= 0.6 is 0 Å². The van der Waals surface area contributed by atoms with Crippen LogP contribution < -0.4 is 9.80 Å². The van der Waals surface area contributed by atoms with Gasteiger partial charge in [0.25, 0.3) is 0 Å². The van der Waals surface area contributed by atoms with Crippen molar-refractivity contribution in [2.24, 2.45) is 0 Å². The number of hydrogen-bond acceptors (Lipinski definition) is 6. The number of hydrogen-bond donors (Lipinski definition) is 0. The Bertz CT molecular complexity index is 1990. The van der Waals surface area contributed by atoms with Crippen LogP contribution in [0.2, 0.25) is 0 Å². The number of fused-ring (bicyclic) bond motifs is 3. The van der Waals surface area contributed by atoms with Gasteiger partial charge >= 0.3 is 0 Å². The van der Waals surface area contributed by atoms with Gasteiger partial charge in [-0.25, -0.2) is 18.4 Å². The Kier molecular flexibility index (Phi) is 6.27. The third kappa shape index (κ3) is 4.36. The smallest absolute Gasteiger partial charge is 0.223 e.